The maximum absolute atomic E-state index is 13.8. The van der Waals surface area contributed by atoms with E-state index in [9.17, 15) is 9.50 Å². The van der Waals surface area contributed by atoms with E-state index in [0.29, 0.717) is 26.1 Å². The van der Waals surface area contributed by atoms with Crippen LogP contribution in [-0.2, 0) is 0 Å². The zero-order valence-corrected chi connectivity index (χ0v) is 25.2. The monoisotopic (exact) mass is 654 g/mol. The van der Waals surface area contributed by atoms with Gasteiger partial charge in [0.15, 0.2) is 0 Å². The van der Waals surface area contributed by atoms with Crippen molar-refractivity contribution in [3.8, 4) is 28.1 Å². The Kier molecular flexibility index (Phi) is 7.62. The van der Waals surface area contributed by atoms with Crippen LogP contribution in [0.15, 0.2) is 85.1 Å². The first-order valence-electron chi connectivity index (χ1n) is 12.5. The van der Waals surface area contributed by atoms with Crippen LogP contribution in [-0.4, -0.2) is 29.8 Å². The molecule has 4 aromatic carbocycles. The summed E-state index contributed by atoms with van der Waals surface area (Å²) in [6.07, 6.45) is 3.38. The van der Waals surface area contributed by atoms with Crippen LogP contribution in [0.4, 0.5) is 4.39 Å². The van der Waals surface area contributed by atoms with Crippen LogP contribution in [0.25, 0.3) is 39.7 Å². The van der Waals surface area contributed by atoms with Gasteiger partial charge in [0.05, 0.1) is 0 Å². The Morgan fingerprint density at radius 1 is 0.875 bits per heavy atom. The van der Waals surface area contributed by atoms with E-state index in [2.05, 4.69) is 11.9 Å². The predicted octanol–water partition coefficient (Wildman–Crippen LogP) is 9.41. The number of hydrogen-bond acceptors (Lipinski definition) is 2. The minimum absolute atomic E-state index is 0.287. The van der Waals surface area contributed by atoms with Gasteiger partial charge in [-0.3, -0.25) is 0 Å². The summed E-state index contributed by atoms with van der Waals surface area (Å²) >= 11 is 19.5. The minimum atomic E-state index is -0.622. The van der Waals surface area contributed by atoms with E-state index in [-0.39, 0.29) is 20.8 Å². The van der Waals surface area contributed by atoms with Gasteiger partial charge in [0.2, 0.25) is 0 Å². The van der Waals surface area contributed by atoms with Crippen LogP contribution in [0.1, 0.15) is 28.4 Å². The molecular weight excluding hydrogens is 633 g/mol. The summed E-state index contributed by atoms with van der Waals surface area (Å²) in [5.41, 5.74) is 8.70. The fourth-order valence-electron chi connectivity index (χ4n) is 5.12. The van der Waals surface area contributed by atoms with Crippen LogP contribution < -0.4 is 0 Å². The summed E-state index contributed by atoms with van der Waals surface area (Å²) in [7, 11) is 0. The van der Waals surface area contributed by atoms with Crippen LogP contribution in [0.3, 0.4) is 0 Å². The van der Waals surface area contributed by atoms with Crippen LogP contribution >= 0.6 is 34.8 Å². The molecule has 0 aliphatic heterocycles. The third-order valence-corrected chi connectivity index (χ3v) is 8.97. The van der Waals surface area contributed by atoms with Crippen molar-refractivity contribution >= 4 is 61.4 Å². The Balaban J connectivity index is 1.60. The second-order valence-electron chi connectivity index (χ2n) is 9.50. The van der Waals surface area contributed by atoms with Crippen molar-refractivity contribution in [1.29, 1.82) is 0 Å². The fraction of sp³-hybridized carbons (Fsp3) is 0.0938. The molecule has 40 heavy (non-hydrogen) atoms. The molecule has 0 fully saturated rings. The van der Waals surface area contributed by atoms with Crippen LogP contribution in [0.5, 0.6) is 0 Å². The molecule has 0 amide bonds. The van der Waals surface area contributed by atoms with Gasteiger partial charge >= 0.3 is 215 Å². The molecule has 5 aromatic rings. The molecule has 1 aliphatic carbocycles. The Hall–Kier alpha value is -2.89. The molecule has 1 atom stereocenters. The molecule has 0 spiro atoms. The van der Waals surface area contributed by atoms with Crippen molar-refractivity contribution in [1.82, 2.24) is 9.78 Å². The topological polar surface area (TPSA) is 38.0 Å². The van der Waals surface area contributed by atoms with Crippen molar-refractivity contribution in [3.05, 3.63) is 128 Å². The summed E-state index contributed by atoms with van der Waals surface area (Å²) in [6.45, 7) is 0. The van der Waals surface area contributed by atoms with Crippen molar-refractivity contribution in [2.24, 2.45) is 0 Å². The van der Waals surface area contributed by atoms with Gasteiger partial charge in [-0.25, -0.2) is 4.39 Å². The van der Waals surface area contributed by atoms with Gasteiger partial charge in [-0.15, -0.1) is 0 Å². The molecule has 0 saturated heterocycles. The first kappa shape index (κ1) is 27.3. The van der Waals surface area contributed by atoms with Gasteiger partial charge in [0, 0.05) is 5.02 Å². The maximum atomic E-state index is 13.8. The van der Waals surface area contributed by atoms with Crippen molar-refractivity contribution < 1.29 is 9.50 Å². The molecule has 1 unspecified atom stereocenters. The van der Waals surface area contributed by atoms with Gasteiger partial charge in [-0.1, -0.05) is 11.6 Å². The Labute approximate surface area is 253 Å². The Bertz CT molecular complexity index is 1760. The molecule has 0 radical (unpaired) electrons. The van der Waals surface area contributed by atoms with Gasteiger partial charge in [0.1, 0.15) is 5.82 Å². The first-order chi connectivity index (χ1) is 19.3. The van der Waals surface area contributed by atoms with Crippen LogP contribution in [0, 0.1) is 5.82 Å². The van der Waals surface area contributed by atoms with Gasteiger partial charge in [-0.2, -0.15) is 0 Å². The van der Waals surface area contributed by atoms with E-state index in [1.165, 1.54) is 12.1 Å². The van der Waals surface area contributed by atoms with Gasteiger partial charge in [0.25, 0.3) is 0 Å². The Morgan fingerprint density at radius 2 is 1.57 bits per heavy atom. The zero-order chi connectivity index (χ0) is 28.0. The van der Waals surface area contributed by atoms with E-state index >= 15 is 0 Å². The Morgan fingerprint density at radius 3 is 2.30 bits per heavy atom. The van der Waals surface area contributed by atoms with E-state index in [1.807, 2.05) is 60.8 Å². The number of aromatic nitrogens is 2. The van der Waals surface area contributed by atoms with Crippen LogP contribution in [0.2, 0.25) is 26.2 Å². The standard InChI is InChI=1S/C32H22Cl3FN2OSe/c1-40-17-30(39)29-15-22(35)14-28-26(27-13-21(34)6-11-25(27)31(28)29)12-19-16-38(24-9-4-20(33)5-10-24)37-32(19)18-2-7-23(36)8-3-18/h2-16,30,39H,17H2,1H3. The molecule has 8 heteroatoms. The summed E-state index contributed by atoms with van der Waals surface area (Å²) in [5, 5.41) is 18.5. The number of aliphatic hydroxyl groups is 1. The number of hydrogen-bond donors (Lipinski definition) is 1. The summed E-state index contributed by atoms with van der Waals surface area (Å²) in [4.78, 5) is 0. The molecule has 0 bridgehead atoms. The number of benzene rings is 4. The molecule has 1 N–H and O–H groups in total. The molecule has 0 saturated carbocycles. The molecule has 1 aromatic heterocycles. The summed E-state index contributed by atoms with van der Waals surface area (Å²) in [6, 6.07) is 23.3. The van der Waals surface area contributed by atoms with E-state index in [1.54, 1.807) is 16.8 Å². The van der Waals surface area contributed by atoms with E-state index < -0.39 is 6.10 Å². The summed E-state index contributed by atoms with van der Waals surface area (Å²) in [5.74, 6) is 1.79. The van der Waals surface area contributed by atoms with E-state index in [0.717, 1.165) is 50.2 Å². The fourth-order valence-corrected chi connectivity index (χ4v) is 6.68. The number of fused-ring (bicyclic) bond motifs is 3. The third kappa shape index (κ3) is 5.14. The molecule has 1 heterocycles. The van der Waals surface area contributed by atoms with Crippen molar-refractivity contribution in [3.63, 3.8) is 0 Å². The average Bonchev–Trinajstić information content (AvgIpc) is 3.48. The zero-order valence-electron chi connectivity index (χ0n) is 21.2. The number of aliphatic hydroxyl groups excluding tert-OH is 1. The van der Waals surface area contributed by atoms with Gasteiger partial charge in [-0.05, 0) is 12.1 Å². The third-order valence-electron chi connectivity index (χ3n) is 6.90. The second-order valence-corrected chi connectivity index (χ2v) is 12.7. The molecule has 3 nitrogen and oxygen atoms in total. The second kappa shape index (κ2) is 11.2. The predicted molar refractivity (Wildman–Crippen MR) is 164 cm³/mol. The molecule has 1 aliphatic rings. The average molecular weight is 655 g/mol. The van der Waals surface area contributed by atoms with E-state index in [4.69, 9.17) is 39.9 Å². The van der Waals surface area contributed by atoms with Crippen molar-refractivity contribution in [2.45, 2.75) is 17.2 Å². The van der Waals surface area contributed by atoms with Gasteiger partial charge < -0.3 is 0 Å². The number of nitrogens with zero attached hydrogens (tertiary/aromatic N) is 2. The molecular formula is C32H22Cl3FN2OSe. The molecule has 200 valence electrons. The normalized spacial score (nSPS) is 13.9. The summed E-state index contributed by atoms with van der Waals surface area (Å²) < 4.78 is 15.6. The first-order valence-corrected chi connectivity index (χ1v) is 16.5. The SMILES string of the molecule is C[Se]CC(O)c1cc(Cl)cc2c1-c1ccc(Cl)cc1C2=Cc1cn(-c2ccc(Cl)cc2)nc1-c1ccc(F)cc1. The number of rotatable bonds is 6. The van der Waals surface area contributed by atoms with Crippen molar-refractivity contribution in [2.75, 3.05) is 0 Å². The quantitative estimate of drug-likeness (QED) is 0.182. The number of halogens is 4. The molecule has 6 rings (SSSR count).